The molecule has 0 saturated heterocycles. The molecule has 0 aliphatic heterocycles. The van der Waals surface area contributed by atoms with Crippen molar-refractivity contribution >= 4 is 18.0 Å². The van der Waals surface area contributed by atoms with Crippen LogP contribution in [0.5, 0.6) is 0 Å². The number of carboxylic acids is 2. The zero-order valence-corrected chi connectivity index (χ0v) is 9.64. The molecule has 0 aromatic heterocycles. The van der Waals surface area contributed by atoms with Gasteiger partial charge in [-0.1, -0.05) is 13.3 Å². The molecule has 0 spiro atoms. The molecule has 1 atom stereocenters. The molecular formula is C10H17NO6. The Labute approximate surface area is 98.8 Å². The van der Waals surface area contributed by atoms with E-state index in [1.54, 1.807) is 0 Å². The van der Waals surface area contributed by atoms with Crippen LogP contribution in [0.4, 0.5) is 4.79 Å². The van der Waals surface area contributed by atoms with Gasteiger partial charge in [0, 0.05) is 6.54 Å². The number of nitrogens with one attached hydrogen (secondary N) is 1. The molecule has 7 heteroatoms. The third-order valence-corrected chi connectivity index (χ3v) is 1.99. The summed E-state index contributed by atoms with van der Waals surface area (Å²) in [7, 11) is 0. The second-order valence-corrected chi connectivity index (χ2v) is 3.50. The summed E-state index contributed by atoms with van der Waals surface area (Å²) in [6.45, 7) is 1.94. The maximum absolute atomic E-state index is 11.1. The predicted molar refractivity (Wildman–Crippen MR) is 57.6 cm³/mol. The van der Waals surface area contributed by atoms with E-state index in [1.807, 2.05) is 6.92 Å². The Kier molecular flexibility index (Phi) is 7.49. The van der Waals surface area contributed by atoms with Crippen LogP contribution in [0.25, 0.3) is 0 Å². The van der Waals surface area contributed by atoms with Crippen molar-refractivity contribution in [2.45, 2.75) is 26.2 Å². The van der Waals surface area contributed by atoms with Crippen LogP contribution in [0.3, 0.4) is 0 Å². The van der Waals surface area contributed by atoms with Crippen molar-refractivity contribution in [1.29, 1.82) is 0 Å². The number of alkyl carbamates (subject to hydrolysis) is 1. The number of unbranched alkanes of at least 4 members (excludes halogenated alkanes) is 1. The van der Waals surface area contributed by atoms with Gasteiger partial charge < -0.3 is 20.3 Å². The van der Waals surface area contributed by atoms with Crippen LogP contribution in [0, 0.1) is 5.92 Å². The number of carbonyl (C=O) groups excluding carboxylic acids is 1. The van der Waals surface area contributed by atoms with E-state index in [-0.39, 0.29) is 13.2 Å². The summed E-state index contributed by atoms with van der Waals surface area (Å²) in [5.41, 5.74) is 0. The second-order valence-electron chi connectivity index (χ2n) is 3.50. The van der Waals surface area contributed by atoms with E-state index >= 15 is 0 Å². The first-order valence-corrected chi connectivity index (χ1v) is 5.32. The number of hydrogen-bond acceptors (Lipinski definition) is 4. The Balaban J connectivity index is 3.91. The Morgan fingerprint density at radius 1 is 1.29 bits per heavy atom. The van der Waals surface area contributed by atoms with E-state index in [0.717, 1.165) is 12.8 Å². The molecule has 0 fully saturated rings. The minimum Gasteiger partial charge on any atom is -0.481 e. The number of carbonyl (C=O) groups is 3. The minimum atomic E-state index is -1.26. The van der Waals surface area contributed by atoms with E-state index < -0.39 is 30.4 Å². The lowest BCUT2D eigenvalue weighted by Gasteiger charge is -2.11. The monoisotopic (exact) mass is 247 g/mol. The zero-order valence-electron chi connectivity index (χ0n) is 9.64. The average molecular weight is 247 g/mol. The molecule has 0 saturated carbocycles. The van der Waals surface area contributed by atoms with E-state index in [9.17, 15) is 14.4 Å². The average Bonchev–Trinajstić information content (AvgIpc) is 2.23. The van der Waals surface area contributed by atoms with Gasteiger partial charge in [-0.05, 0) is 6.42 Å². The van der Waals surface area contributed by atoms with E-state index in [0.29, 0.717) is 0 Å². The van der Waals surface area contributed by atoms with Gasteiger partial charge in [0.05, 0.1) is 18.9 Å². The largest absolute Gasteiger partial charge is 0.481 e. The normalized spacial score (nSPS) is 11.6. The van der Waals surface area contributed by atoms with Gasteiger partial charge in [-0.15, -0.1) is 0 Å². The summed E-state index contributed by atoms with van der Waals surface area (Å²) in [6, 6.07) is 0. The SMILES string of the molecule is CCCCOC(=O)NCC(CC(=O)O)C(=O)O. The molecule has 0 bridgehead atoms. The van der Waals surface area contributed by atoms with Crippen molar-refractivity contribution in [3.05, 3.63) is 0 Å². The molecule has 0 aliphatic rings. The van der Waals surface area contributed by atoms with Gasteiger partial charge in [0.2, 0.25) is 0 Å². The lowest BCUT2D eigenvalue weighted by Crippen LogP contribution is -2.34. The molecule has 98 valence electrons. The molecule has 7 nitrogen and oxygen atoms in total. The molecule has 0 aromatic carbocycles. The highest BCUT2D eigenvalue weighted by Gasteiger charge is 2.21. The number of amides is 1. The van der Waals surface area contributed by atoms with Gasteiger partial charge in [-0.2, -0.15) is 0 Å². The van der Waals surface area contributed by atoms with Crippen LogP contribution in [0.1, 0.15) is 26.2 Å². The summed E-state index contributed by atoms with van der Waals surface area (Å²) in [4.78, 5) is 32.1. The molecule has 0 aliphatic carbocycles. The van der Waals surface area contributed by atoms with Crippen LogP contribution in [0.2, 0.25) is 0 Å². The van der Waals surface area contributed by atoms with Gasteiger partial charge in [0.1, 0.15) is 0 Å². The van der Waals surface area contributed by atoms with Crippen LogP contribution in [0.15, 0.2) is 0 Å². The van der Waals surface area contributed by atoms with Crippen LogP contribution in [-0.2, 0) is 14.3 Å². The number of rotatable bonds is 8. The maximum atomic E-state index is 11.1. The fourth-order valence-electron chi connectivity index (χ4n) is 1.02. The Bertz CT molecular complexity index is 278. The Morgan fingerprint density at radius 2 is 1.94 bits per heavy atom. The highest BCUT2D eigenvalue weighted by molar-refractivity contribution is 5.78. The van der Waals surface area contributed by atoms with Crippen molar-refractivity contribution in [2.24, 2.45) is 5.92 Å². The third kappa shape index (κ3) is 8.06. The predicted octanol–water partition coefficient (Wildman–Crippen LogP) is 0.688. The molecule has 0 radical (unpaired) electrons. The Morgan fingerprint density at radius 3 is 2.41 bits per heavy atom. The molecule has 0 heterocycles. The van der Waals surface area contributed by atoms with Gasteiger partial charge in [0.25, 0.3) is 0 Å². The molecule has 0 aromatic rings. The van der Waals surface area contributed by atoms with Gasteiger partial charge in [-0.25, -0.2) is 4.79 Å². The molecule has 1 unspecified atom stereocenters. The summed E-state index contributed by atoms with van der Waals surface area (Å²) in [5.74, 6) is -3.63. The van der Waals surface area contributed by atoms with Crippen LogP contribution >= 0.6 is 0 Å². The van der Waals surface area contributed by atoms with Gasteiger partial charge >= 0.3 is 18.0 Å². The van der Waals surface area contributed by atoms with Gasteiger partial charge in [0.15, 0.2) is 0 Å². The number of aliphatic carboxylic acids is 2. The fraction of sp³-hybridized carbons (Fsp3) is 0.700. The van der Waals surface area contributed by atoms with Gasteiger partial charge in [-0.3, -0.25) is 9.59 Å². The quantitative estimate of drug-likeness (QED) is 0.544. The first-order chi connectivity index (χ1) is 7.97. The van der Waals surface area contributed by atoms with E-state index in [2.05, 4.69) is 5.32 Å². The summed E-state index contributed by atoms with van der Waals surface area (Å²) in [5, 5.41) is 19.4. The second kappa shape index (κ2) is 8.37. The van der Waals surface area contributed by atoms with Crippen molar-refractivity contribution in [3.8, 4) is 0 Å². The summed E-state index contributed by atoms with van der Waals surface area (Å²) in [6.07, 6.45) is 0.342. The number of carboxylic acid groups (broad SMARTS) is 2. The lowest BCUT2D eigenvalue weighted by molar-refractivity contribution is -0.148. The lowest BCUT2D eigenvalue weighted by atomic mass is 10.1. The highest BCUT2D eigenvalue weighted by atomic mass is 16.5. The number of ether oxygens (including phenoxy) is 1. The summed E-state index contributed by atoms with van der Waals surface area (Å²) < 4.78 is 4.73. The number of hydrogen-bond donors (Lipinski definition) is 3. The highest BCUT2D eigenvalue weighted by Crippen LogP contribution is 2.02. The van der Waals surface area contributed by atoms with Crippen molar-refractivity contribution in [3.63, 3.8) is 0 Å². The molecule has 3 N–H and O–H groups in total. The van der Waals surface area contributed by atoms with Crippen LogP contribution < -0.4 is 5.32 Å². The summed E-state index contributed by atoms with van der Waals surface area (Å²) >= 11 is 0. The minimum absolute atomic E-state index is 0.257. The molecular weight excluding hydrogens is 230 g/mol. The standard InChI is InChI=1S/C10H17NO6/c1-2-3-4-17-10(16)11-6-7(9(14)15)5-8(12)13/h7H,2-6H2,1H3,(H,11,16)(H,12,13)(H,14,15). The molecule has 1 amide bonds. The van der Waals surface area contributed by atoms with Crippen molar-refractivity contribution in [2.75, 3.05) is 13.2 Å². The van der Waals surface area contributed by atoms with Crippen molar-refractivity contribution < 1.29 is 29.3 Å². The van der Waals surface area contributed by atoms with E-state index in [4.69, 9.17) is 14.9 Å². The first kappa shape index (κ1) is 15.2. The van der Waals surface area contributed by atoms with E-state index in [1.165, 1.54) is 0 Å². The van der Waals surface area contributed by atoms with Crippen molar-refractivity contribution in [1.82, 2.24) is 5.32 Å². The maximum Gasteiger partial charge on any atom is 0.407 e. The molecule has 0 rings (SSSR count). The topological polar surface area (TPSA) is 113 Å². The Hall–Kier alpha value is -1.79. The smallest absolute Gasteiger partial charge is 0.407 e. The van der Waals surface area contributed by atoms with Crippen LogP contribution in [-0.4, -0.2) is 41.4 Å². The zero-order chi connectivity index (χ0) is 13.3. The third-order valence-electron chi connectivity index (χ3n) is 1.99. The fourth-order valence-corrected chi connectivity index (χ4v) is 1.02. The molecule has 17 heavy (non-hydrogen) atoms. The first-order valence-electron chi connectivity index (χ1n) is 5.32.